The van der Waals surface area contributed by atoms with Gasteiger partial charge >= 0.3 is 0 Å². The van der Waals surface area contributed by atoms with Crippen molar-refractivity contribution in [2.24, 2.45) is 0 Å². The fraction of sp³-hybridized carbons (Fsp3) is 0.400. The molecule has 3 nitrogen and oxygen atoms in total. The average Bonchev–Trinajstić information content (AvgIpc) is 2.12. The largest absolute Gasteiger partial charge is 0.381 e. The lowest BCUT2D eigenvalue weighted by Gasteiger charge is -2.15. The Hall–Kier alpha value is -1.03. The van der Waals surface area contributed by atoms with Gasteiger partial charge in [0.15, 0.2) is 5.82 Å². The highest BCUT2D eigenvalue weighted by Crippen LogP contribution is 2.27. The van der Waals surface area contributed by atoms with Crippen LogP contribution in [0, 0.1) is 0 Å². The Morgan fingerprint density at radius 1 is 1.36 bits per heavy atom. The van der Waals surface area contributed by atoms with Crippen molar-refractivity contribution in [3.05, 3.63) is 24.0 Å². The normalized spacial score (nSPS) is 15.0. The van der Waals surface area contributed by atoms with Gasteiger partial charge in [-0.3, -0.25) is 0 Å². The lowest BCUT2D eigenvalue weighted by atomic mass is 9.93. The molecule has 0 unspecified atom stereocenters. The van der Waals surface area contributed by atoms with Crippen molar-refractivity contribution in [3.63, 3.8) is 0 Å². The first kappa shape index (κ1) is 9.52. The topological polar surface area (TPSA) is 51.8 Å². The lowest BCUT2D eigenvalue weighted by Crippen LogP contribution is -1.98. The molecule has 0 atom stereocenters. The highest BCUT2D eigenvalue weighted by Gasteiger charge is 2.07. The maximum Gasteiger partial charge on any atom is 0.156 e. The van der Waals surface area contributed by atoms with Crippen LogP contribution in [-0.4, -0.2) is 15.7 Å². The van der Waals surface area contributed by atoms with Gasteiger partial charge < -0.3 is 5.73 Å². The summed E-state index contributed by atoms with van der Waals surface area (Å²) in [4.78, 5) is 8.15. The fourth-order valence-electron chi connectivity index (χ4n) is 1.27. The molecule has 1 aliphatic carbocycles. The minimum absolute atomic E-state index is 0.532. The van der Waals surface area contributed by atoms with Crippen molar-refractivity contribution < 1.29 is 0 Å². The highest BCUT2D eigenvalue weighted by molar-refractivity contribution is 7.99. The molecule has 74 valence electrons. The first-order valence-electron chi connectivity index (χ1n) is 4.73. The van der Waals surface area contributed by atoms with Crippen molar-refractivity contribution in [3.8, 4) is 0 Å². The van der Waals surface area contributed by atoms with E-state index in [2.05, 4.69) is 16.0 Å². The Bertz CT molecular complexity index is 343. The van der Waals surface area contributed by atoms with Crippen LogP contribution in [0.3, 0.4) is 0 Å². The number of nitrogen functional groups attached to an aromatic ring is 1. The van der Waals surface area contributed by atoms with E-state index in [4.69, 9.17) is 5.73 Å². The summed E-state index contributed by atoms with van der Waals surface area (Å²) < 4.78 is 0. The van der Waals surface area contributed by atoms with E-state index in [1.165, 1.54) is 19.3 Å². The molecule has 0 amide bonds. The summed E-state index contributed by atoms with van der Waals surface area (Å²) >= 11 is 1.65. The zero-order valence-corrected chi connectivity index (χ0v) is 8.76. The zero-order chi connectivity index (χ0) is 9.80. The van der Waals surface area contributed by atoms with Gasteiger partial charge in [-0.15, -0.1) is 0 Å². The second-order valence-electron chi connectivity index (χ2n) is 3.27. The molecule has 14 heavy (non-hydrogen) atoms. The van der Waals surface area contributed by atoms with Crippen LogP contribution in [0.25, 0.3) is 0 Å². The molecule has 1 aromatic heterocycles. The van der Waals surface area contributed by atoms with Gasteiger partial charge in [0, 0.05) is 18.1 Å². The molecule has 0 saturated heterocycles. The van der Waals surface area contributed by atoms with Crippen molar-refractivity contribution in [1.82, 2.24) is 9.97 Å². The molecule has 0 bridgehead atoms. The summed E-state index contributed by atoms with van der Waals surface area (Å²) in [5.74, 6) is 1.49. The number of hydrogen-bond donors (Lipinski definition) is 1. The van der Waals surface area contributed by atoms with Crippen LogP contribution in [0.15, 0.2) is 29.1 Å². The van der Waals surface area contributed by atoms with Gasteiger partial charge in [-0.25, -0.2) is 9.97 Å². The van der Waals surface area contributed by atoms with E-state index in [1.54, 1.807) is 29.7 Å². The molecule has 1 fully saturated rings. The first-order valence-corrected chi connectivity index (χ1v) is 5.72. The highest BCUT2D eigenvalue weighted by atomic mass is 32.2. The van der Waals surface area contributed by atoms with Gasteiger partial charge in [-0.1, -0.05) is 23.4 Å². The smallest absolute Gasteiger partial charge is 0.156 e. The number of nitrogens with zero attached hydrogens (tertiary/aromatic N) is 2. The third-order valence-electron chi connectivity index (χ3n) is 2.28. The van der Waals surface area contributed by atoms with Crippen LogP contribution in [0.5, 0.6) is 0 Å². The molecular formula is C10H13N3S. The summed E-state index contributed by atoms with van der Waals surface area (Å²) in [6.45, 7) is 0. The SMILES string of the molecule is Nc1nccnc1SCC=C1CCC1. The molecule has 0 aliphatic heterocycles. The molecule has 4 heteroatoms. The number of hydrogen-bond acceptors (Lipinski definition) is 4. The van der Waals surface area contributed by atoms with Gasteiger partial charge in [-0.2, -0.15) is 0 Å². The van der Waals surface area contributed by atoms with Crippen LogP contribution in [0.2, 0.25) is 0 Å². The number of thioether (sulfide) groups is 1. The predicted molar refractivity (Wildman–Crippen MR) is 59.1 cm³/mol. The zero-order valence-electron chi connectivity index (χ0n) is 7.94. The number of aromatic nitrogens is 2. The standard InChI is InChI=1S/C10H13N3S/c11-9-10(13-6-5-12-9)14-7-4-8-2-1-3-8/h4-6H,1-3,7H2,(H2,11,12). The van der Waals surface area contributed by atoms with Crippen LogP contribution >= 0.6 is 11.8 Å². The van der Waals surface area contributed by atoms with E-state index in [1.807, 2.05) is 0 Å². The molecule has 1 aromatic rings. The third kappa shape index (κ3) is 2.26. The fourth-order valence-corrected chi connectivity index (χ4v) is 2.08. The van der Waals surface area contributed by atoms with Gasteiger partial charge in [0.25, 0.3) is 0 Å². The molecule has 1 aliphatic rings. The average molecular weight is 207 g/mol. The monoisotopic (exact) mass is 207 g/mol. The van der Waals surface area contributed by atoms with Crippen molar-refractivity contribution in [2.45, 2.75) is 24.3 Å². The second-order valence-corrected chi connectivity index (χ2v) is 4.28. The second kappa shape index (κ2) is 4.46. The predicted octanol–water partition coefficient (Wildman–Crippen LogP) is 2.26. The summed E-state index contributed by atoms with van der Waals surface area (Å²) in [5, 5.41) is 0.837. The molecule has 2 rings (SSSR count). The van der Waals surface area contributed by atoms with Crippen LogP contribution < -0.4 is 5.73 Å². The maximum absolute atomic E-state index is 5.67. The van der Waals surface area contributed by atoms with E-state index in [0.29, 0.717) is 5.82 Å². The first-order chi connectivity index (χ1) is 6.86. The van der Waals surface area contributed by atoms with E-state index in [9.17, 15) is 0 Å². The summed E-state index contributed by atoms with van der Waals surface area (Å²) in [7, 11) is 0. The molecular weight excluding hydrogens is 194 g/mol. The Morgan fingerprint density at radius 2 is 2.14 bits per heavy atom. The molecule has 1 saturated carbocycles. The number of rotatable bonds is 3. The van der Waals surface area contributed by atoms with Crippen molar-refractivity contribution in [1.29, 1.82) is 0 Å². The minimum atomic E-state index is 0.532. The number of allylic oxidation sites excluding steroid dienone is 1. The molecule has 2 N–H and O–H groups in total. The lowest BCUT2D eigenvalue weighted by molar-refractivity contribution is 0.661. The summed E-state index contributed by atoms with van der Waals surface area (Å²) in [6.07, 6.45) is 9.47. The van der Waals surface area contributed by atoms with Gasteiger partial charge in [0.1, 0.15) is 5.03 Å². The molecule has 1 heterocycles. The van der Waals surface area contributed by atoms with E-state index >= 15 is 0 Å². The van der Waals surface area contributed by atoms with E-state index in [-0.39, 0.29) is 0 Å². The summed E-state index contributed by atoms with van der Waals surface area (Å²) in [6, 6.07) is 0. The van der Waals surface area contributed by atoms with E-state index in [0.717, 1.165) is 10.8 Å². The van der Waals surface area contributed by atoms with Crippen LogP contribution in [0.4, 0.5) is 5.82 Å². The Balaban J connectivity index is 1.88. The number of anilines is 1. The van der Waals surface area contributed by atoms with E-state index < -0.39 is 0 Å². The summed E-state index contributed by atoms with van der Waals surface area (Å²) in [5.41, 5.74) is 7.24. The quantitative estimate of drug-likeness (QED) is 0.610. The van der Waals surface area contributed by atoms with Crippen molar-refractivity contribution >= 4 is 17.6 Å². The molecule has 0 aromatic carbocycles. The van der Waals surface area contributed by atoms with Gasteiger partial charge in [0.05, 0.1) is 0 Å². The minimum Gasteiger partial charge on any atom is -0.381 e. The van der Waals surface area contributed by atoms with Crippen molar-refractivity contribution in [2.75, 3.05) is 11.5 Å². The molecule has 0 spiro atoms. The Kier molecular flexibility index (Phi) is 3.03. The molecule has 0 radical (unpaired) electrons. The van der Waals surface area contributed by atoms with Gasteiger partial charge in [-0.05, 0) is 19.3 Å². The van der Waals surface area contributed by atoms with Gasteiger partial charge in [0.2, 0.25) is 0 Å². The third-order valence-corrected chi connectivity index (χ3v) is 3.20. The Morgan fingerprint density at radius 3 is 2.79 bits per heavy atom. The maximum atomic E-state index is 5.67. The Labute approximate surface area is 87.8 Å². The van der Waals surface area contributed by atoms with Crippen LogP contribution in [0.1, 0.15) is 19.3 Å². The van der Waals surface area contributed by atoms with Crippen LogP contribution in [-0.2, 0) is 0 Å². The number of nitrogens with two attached hydrogens (primary N) is 1.